The van der Waals surface area contributed by atoms with Crippen LogP contribution in [0.5, 0.6) is 0 Å². The molecule has 5 nitrogen and oxygen atoms in total. The number of rotatable bonds is 3. The third kappa shape index (κ3) is 3.23. The van der Waals surface area contributed by atoms with E-state index in [1.54, 1.807) is 17.2 Å². The minimum Gasteiger partial charge on any atom is -0.369 e. The Balaban J connectivity index is 1.82. The Hall–Kier alpha value is -2.11. The summed E-state index contributed by atoms with van der Waals surface area (Å²) in [4.78, 5) is 28.9. The molecule has 0 bridgehead atoms. The standard InChI is InChI=1S/C18H19ClN2O3/c1-11-10-24-17(14-5-3-4-6-15(14)19)9-21(11)18(23)16-7-13(8-20-16)12(2)22/h3-8,11,17,20H,9-10H2,1-2H3/t11-,17-/m1/s1. The predicted molar refractivity (Wildman–Crippen MR) is 91.4 cm³/mol. The van der Waals surface area contributed by atoms with Crippen LogP contribution in [0.3, 0.4) is 0 Å². The van der Waals surface area contributed by atoms with Crippen LogP contribution in [0, 0.1) is 0 Å². The Morgan fingerprint density at radius 2 is 2.08 bits per heavy atom. The second-order valence-corrected chi connectivity index (χ2v) is 6.42. The number of amides is 1. The van der Waals surface area contributed by atoms with Crippen molar-refractivity contribution in [2.45, 2.75) is 26.0 Å². The van der Waals surface area contributed by atoms with Gasteiger partial charge in [0.2, 0.25) is 0 Å². The summed E-state index contributed by atoms with van der Waals surface area (Å²) in [6.45, 7) is 4.26. The van der Waals surface area contributed by atoms with E-state index in [0.29, 0.717) is 29.4 Å². The number of H-pyrrole nitrogens is 1. The number of halogens is 1. The molecular formula is C18H19ClN2O3. The molecule has 3 rings (SSSR count). The molecule has 126 valence electrons. The number of ether oxygens (including phenoxy) is 1. The van der Waals surface area contributed by atoms with Crippen molar-refractivity contribution >= 4 is 23.3 Å². The highest BCUT2D eigenvalue weighted by Crippen LogP contribution is 2.30. The van der Waals surface area contributed by atoms with Crippen LogP contribution in [0.15, 0.2) is 36.5 Å². The van der Waals surface area contributed by atoms with E-state index >= 15 is 0 Å². The van der Waals surface area contributed by atoms with Gasteiger partial charge in [-0.2, -0.15) is 0 Å². The first-order valence-electron chi connectivity index (χ1n) is 7.83. The van der Waals surface area contributed by atoms with E-state index in [4.69, 9.17) is 16.3 Å². The molecule has 6 heteroatoms. The summed E-state index contributed by atoms with van der Waals surface area (Å²) in [5.41, 5.74) is 1.79. The lowest BCUT2D eigenvalue weighted by Gasteiger charge is -2.38. The molecule has 1 fully saturated rings. The maximum Gasteiger partial charge on any atom is 0.270 e. The van der Waals surface area contributed by atoms with Crippen molar-refractivity contribution in [3.63, 3.8) is 0 Å². The topological polar surface area (TPSA) is 62.4 Å². The highest BCUT2D eigenvalue weighted by Gasteiger charge is 2.32. The SMILES string of the molecule is CC(=O)c1c[nH]c(C(=O)N2C[C@H](c3ccccc3Cl)OC[C@H]2C)c1. The van der Waals surface area contributed by atoms with Crippen LogP contribution in [0.2, 0.25) is 5.02 Å². The largest absolute Gasteiger partial charge is 0.369 e. The highest BCUT2D eigenvalue weighted by atomic mass is 35.5. The monoisotopic (exact) mass is 346 g/mol. The van der Waals surface area contributed by atoms with Gasteiger partial charge in [0, 0.05) is 22.3 Å². The second-order valence-electron chi connectivity index (χ2n) is 6.01. The molecule has 1 N–H and O–H groups in total. The molecular weight excluding hydrogens is 328 g/mol. The summed E-state index contributed by atoms with van der Waals surface area (Å²) in [6.07, 6.45) is 1.30. The first-order valence-corrected chi connectivity index (χ1v) is 8.21. The van der Waals surface area contributed by atoms with Gasteiger partial charge in [-0.05, 0) is 26.0 Å². The summed E-state index contributed by atoms with van der Waals surface area (Å²) >= 11 is 6.25. The van der Waals surface area contributed by atoms with Gasteiger partial charge in [-0.3, -0.25) is 9.59 Å². The number of ketones is 1. The summed E-state index contributed by atoms with van der Waals surface area (Å²) in [6, 6.07) is 9.03. The Labute approximate surface area is 145 Å². The molecule has 0 saturated carbocycles. The third-order valence-electron chi connectivity index (χ3n) is 4.27. The fourth-order valence-electron chi connectivity index (χ4n) is 2.84. The average Bonchev–Trinajstić information content (AvgIpc) is 3.06. The van der Waals surface area contributed by atoms with Crippen molar-refractivity contribution in [3.05, 3.63) is 58.4 Å². The zero-order valence-electron chi connectivity index (χ0n) is 13.6. The van der Waals surface area contributed by atoms with Gasteiger partial charge in [-0.15, -0.1) is 0 Å². The van der Waals surface area contributed by atoms with E-state index < -0.39 is 0 Å². The summed E-state index contributed by atoms with van der Waals surface area (Å²) < 4.78 is 5.87. The number of morpholine rings is 1. The number of carbonyl (C=O) groups is 2. The van der Waals surface area contributed by atoms with Crippen LogP contribution in [0.1, 0.15) is 46.4 Å². The number of Topliss-reactive ketones (excluding diaryl/α,β-unsaturated/α-hetero) is 1. The van der Waals surface area contributed by atoms with Crippen LogP contribution in [-0.4, -0.2) is 40.8 Å². The van der Waals surface area contributed by atoms with E-state index in [-0.39, 0.29) is 23.8 Å². The molecule has 2 aromatic rings. The molecule has 24 heavy (non-hydrogen) atoms. The minimum absolute atomic E-state index is 0.0553. The third-order valence-corrected chi connectivity index (χ3v) is 4.61. The molecule has 0 aliphatic carbocycles. The van der Waals surface area contributed by atoms with Gasteiger partial charge in [0.15, 0.2) is 5.78 Å². The maximum atomic E-state index is 12.8. The number of carbonyl (C=O) groups excluding carboxylic acids is 2. The van der Waals surface area contributed by atoms with Crippen molar-refractivity contribution in [1.29, 1.82) is 0 Å². The van der Waals surface area contributed by atoms with Crippen molar-refractivity contribution in [2.24, 2.45) is 0 Å². The molecule has 0 unspecified atom stereocenters. The Morgan fingerprint density at radius 3 is 2.75 bits per heavy atom. The van der Waals surface area contributed by atoms with Gasteiger partial charge in [0.05, 0.1) is 19.2 Å². The number of benzene rings is 1. The molecule has 1 saturated heterocycles. The van der Waals surface area contributed by atoms with E-state index in [9.17, 15) is 9.59 Å². The van der Waals surface area contributed by atoms with E-state index in [1.165, 1.54) is 6.92 Å². The average molecular weight is 347 g/mol. The molecule has 2 heterocycles. The number of hydrogen-bond acceptors (Lipinski definition) is 3. The van der Waals surface area contributed by atoms with Crippen LogP contribution in [0.25, 0.3) is 0 Å². The fourth-order valence-corrected chi connectivity index (χ4v) is 3.10. The molecule has 1 aromatic carbocycles. The number of nitrogens with zero attached hydrogens (tertiary/aromatic N) is 1. The quantitative estimate of drug-likeness (QED) is 0.865. The van der Waals surface area contributed by atoms with Gasteiger partial charge < -0.3 is 14.6 Å². The molecule has 1 aliphatic heterocycles. The Bertz CT molecular complexity index is 771. The lowest BCUT2D eigenvalue weighted by molar-refractivity contribution is -0.0487. The van der Waals surface area contributed by atoms with Crippen LogP contribution in [0.4, 0.5) is 0 Å². The first kappa shape index (κ1) is 16.7. The van der Waals surface area contributed by atoms with Gasteiger partial charge in [0.25, 0.3) is 5.91 Å². The first-order chi connectivity index (χ1) is 11.5. The van der Waals surface area contributed by atoms with Gasteiger partial charge in [0.1, 0.15) is 11.8 Å². The second kappa shape index (κ2) is 6.79. The highest BCUT2D eigenvalue weighted by molar-refractivity contribution is 6.31. The zero-order chi connectivity index (χ0) is 17.3. The van der Waals surface area contributed by atoms with Gasteiger partial charge in [-0.25, -0.2) is 0 Å². The Kier molecular flexibility index (Phi) is 4.73. The van der Waals surface area contributed by atoms with Gasteiger partial charge >= 0.3 is 0 Å². The van der Waals surface area contributed by atoms with Crippen molar-refractivity contribution in [3.8, 4) is 0 Å². The molecule has 0 spiro atoms. The number of aromatic nitrogens is 1. The summed E-state index contributed by atoms with van der Waals surface area (Å²) in [5.74, 6) is -0.218. The summed E-state index contributed by atoms with van der Waals surface area (Å²) in [7, 11) is 0. The molecule has 1 aliphatic rings. The fraction of sp³-hybridized carbons (Fsp3) is 0.333. The van der Waals surface area contributed by atoms with Gasteiger partial charge in [-0.1, -0.05) is 29.8 Å². The van der Waals surface area contributed by atoms with Crippen LogP contribution >= 0.6 is 11.6 Å². The lowest BCUT2D eigenvalue weighted by Crippen LogP contribution is -2.48. The minimum atomic E-state index is -0.263. The van der Waals surface area contributed by atoms with Crippen molar-refractivity contribution < 1.29 is 14.3 Å². The number of nitrogens with one attached hydrogen (secondary N) is 1. The van der Waals surface area contributed by atoms with Crippen LogP contribution in [-0.2, 0) is 4.74 Å². The molecule has 0 radical (unpaired) electrons. The smallest absolute Gasteiger partial charge is 0.270 e. The number of aromatic amines is 1. The van der Waals surface area contributed by atoms with Crippen molar-refractivity contribution in [2.75, 3.05) is 13.2 Å². The normalized spacial score (nSPS) is 20.9. The van der Waals surface area contributed by atoms with E-state index in [1.807, 2.05) is 31.2 Å². The zero-order valence-corrected chi connectivity index (χ0v) is 14.3. The van der Waals surface area contributed by atoms with Crippen molar-refractivity contribution in [1.82, 2.24) is 9.88 Å². The van der Waals surface area contributed by atoms with E-state index in [2.05, 4.69) is 4.98 Å². The molecule has 1 aromatic heterocycles. The predicted octanol–water partition coefficient (Wildman–Crippen LogP) is 3.47. The molecule has 2 atom stereocenters. The Morgan fingerprint density at radius 1 is 1.33 bits per heavy atom. The van der Waals surface area contributed by atoms with Crippen LogP contribution < -0.4 is 0 Å². The summed E-state index contributed by atoms with van der Waals surface area (Å²) in [5, 5.41) is 0.628. The van der Waals surface area contributed by atoms with E-state index in [0.717, 1.165) is 5.56 Å². The molecule has 1 amide bonds. The number of hydrogen-bond donors (Lipinski definition) is 1. The lowest BCUT2D eigenvalue weighted by atomic mass is 10.1. The maximum absolute atomic E-state index is 12.8.